The van der Waals surface area contributed by atoms with Gasteiger partial charge in [-0.2, -0.15) is 10.2 Å². The van der Waals surface area contributed by atoms with Crippen molar-refractivity contribution in [1.82, 2.24) is 29.9 Å². The summed E-state index contributed by atoms with van der Waals surface area (Å²) in [6.07, 6.45) is 0. The van der Waals surface area contributed by atoms with Crippen molar-refractivity contribution in [3.63, 3.8) is 0 Å². The van der Waals surface area contributed by atoms with Gasteiger partial charge >= 0.3 is 0 Å². The zero-order chi connectivity index (χ0) is 20.7. The fraction of sp³-hybridized carbons (Fsp3) is 0.273. The summed E-state index contributed by atoms with van der Waals surface area (Å²) in [5.74, 6) is -0.140. The van der Waals surface area contributed by atoms with E-state index in [1.54, 1.807) is 4.68 Å². The zero-order valence-electron chi connectivity index (χ0n) is 17.3. The molecule has 1 aromatic carbocycles. The Morgan fingerprint density at radius 3 is 2.41 bits per heavy atom. The third kappa shape index (κ3) is 3.29. The molecule has 29 heavy (non-hydrogen) atoms. The fourth-order valence-corrected chi connectivity index (χ4v) is 3.68. The Morgan fingerprint density at radius 2 is 1.76 bits per heavy atom. The molecule has 0 aliphatic heterocycles. The van der Waals surface area contributed by atoms with E-state index in [2.05, 4.69) is 20.5 Å². The molecule has 3 aromatic heterocycles. The van der Waals surface area contributed by atoms with Gasteiger partial charge in [0.1, 0.15) is 0 Å². The zero-order valence-corrected chi connectivity index (χ0v) is 17.3. The average molecular weight is 388 g/mol. The highest BCUT2D eigenvalue weighted by atomic mass is 16.1. The van der Waals surface area contributed by atoms with Crippen LogP contribution in [0.4, 0.5) is 0 Å². The first-order chi connectivity index (χ1) is 13.9. The number of aromatic nitrogens is 5. The smallest absolute Gasteiger partial charge is 0.252 e. The number of rotatable bonds is 4. The largest absolute Gasteiger partial charge is 0.348 e. The molecular formula is C22H24N6O. The van der Waals surface area contributed by atoms with E-state index in [0.29, 0.717) is 17.8 Å². The summed E-state index contributed by atoms with van der Waals surface area (Å²) in [6, 6.07) is 11.7. The summed E-state index contributed by atoms with van der Waals surface area (Å²) >= 11 is 0. The number of hydrogen-bond acceptors (Lipinski definition) is 4. The standard InChI is InChI=1S/C22H24N6O/c1-13-11-18(22(29)23-12-19-14(2)25-27(5)16(19)4)20-15(3)26-28(21(20)24-13)17-9-7-6-8-10-17/h6-11H,12H2,1-5H3,(H,23,29). The molecule has 0 atom stereocenters. The van der Waals surface area contributed by atoms with Gasteiger partial charge in [0, 0.05) is 30.5 Å². The SMILES string of the molecule is Cc1cc(C(=O)NCc2c(C)nn(C)c2C)c2c(C)nn(-c3ccccc3)c2n1. The van der Waals surface area contributed by atoms with E-state index in [1.165, 1.54) is 0 Å². The number of amides is 1. The summed E-state index contributed by atoms with van der Waals surface area (Å²) in [4.78, 5) is 17.8. The minimum atomic E-state index is -0.140. The number of para-hydroxylation sites is 1. The lowest BCUT2D eigenvalue weighted by Crippen LogP contribution is -2.24. The summed E-state index contributed by atoms with van der Waals surface area (Å²) in [5.41, 5.74) is 6.75. The van der Waals surface area contributed by atoms with E-state index < -0.39 is 0 Å². The van der Waals surface area contributed by atoms with Crippen LogP contribution in [0.2, 0.25) is 0 Å². The Hall–Kier alpha value is -3.48. The second-order valence-corrected chi connectivity index (χ2v) is 7.30. The molecule has 0 aliphatic rings. The van der Waals surface area contributed by atoms with Crippen molar-refractivity contribution in [2.45, 2.75) is 34.2 Å². The number of benzene rings is 1. The van der Waals surface area contributed by atoms with Crippen molar-refractivity contribution in [2.24, 2.45) is 7.05 Å². The van der Waals surface area contributed by atoms with Crippen molar-refractivity contribution < 1.29 is 4.79 Å². The Morgan fingerprint density at radius 1 is 1.03 bits per heavy atom. The van der Waals surface area contributed by atoms with Gasteiger partial charge < -0.3 is 5.32 Å². The fourth-order valence-electron chi connectivity index (χ4n) is 3.68. The van der Waals surface area contributed by atoms with Gasteiger partial charge in [-0.25, -0.2) is 9.67 Å². The molecule has 1 N–H and O–H groups in total. The lowest BCUT2D eigenvalue weighted by molar-refractivity contribution is 0.0952. The van der Waals surface area contributed by atoms with Crippen LogP contribution in [0, 0.1) is 27.7 Å². The van der Waals surface area contributed by atoms with E-state index in [0.717, 1.165) is 39.4 Å². The molecule has 7 nitrogen and oxygen atoms in total. The number of nitrogens with one attached hydrogen (secondary N) is 1. The van der Waals surface area contributed by atoms with Crippen LogP contribution in [0.25, 0.3) is 16.7 Å². The van der Waals surface area contributed by atoms with Gasteiger partial charge in [0.25, 0.3) is 5.91 Å². The van der Waals surface area contributed by atoms with Crippen molar-refractivity contribution >= 4 is 16.9 Å². The number of hydrogen-bond donors (Lipinski definition) is 1. The second-order valence-electron chi connectivity index (χ2n) is 7.30. The number of pyridine rings is 1. The Bertz CT molecular complexity index is 1220. The van der Waals surface area contributed by atoms with Crippen LogP contribution < -0.4 is 5.32 Å². The molecule has 0 saturated carbocycles. The molecule has 0 radical (unpaired) electrons. The summed E-state index contributed by atoms with van der Waals surface area (Å²) in [5, 5.41) is 12.9. The van der Waals surface area contributed by atoms with Crippen molar-refractivity contribution in [3.05, 3.63) is 70.3 Å². The van der Waals surface area contributed by atoms with Crippen LogP contribution in [0.1, 0.15) is 38.7 Å². The van der Waals surface area contributed by atoms with E-state index in [-0.39, 0.29) is 5.91 Å². The van der Waals surface area contributed by atoms with Gasteiger partial charge in [-0.15, -0.1) is 0 Å². The maximum Gasteiger partial charge on any atom is 0.252 e. The van der Waals surface area contributed by atoms with E-state index >= 15 is 0 Å². The van der Waals surface area contributed by atoms with Crippen LogP contribution in [0.15, 0.2) is 36.4 Å². The van der Waals surface area contributed by atoms with Gasteiger partial charge in [-0.1, -0.05) is 18.2 Å². The number of carbonyl (C=O) groups excluding carboxylic acids is 1. The first-order valence-corrected chi connectivity index (χ1v) is 9.56. The first kappa shape index (κ1) is 18.9. The molecule has 4 aromatic rings. The van der Waals surface area contributed by atoms with Crippen molar-refractivity contribution in [1.29, 1.82) is 0 Å². The van der Waals surface area contributed by atoms with E-state index in [9.17, 15) is 4.79 Å². The number of aryl methyl sites for hydroxylation is 4. The predicted octanol–water partition coefficient (Wildman–Crippen LogP) is 3.32. The van der Waals surface area contributed by atoms with Crippen LogP contribution in [-0.2, 0) is 13.6 Å². The van der Waals surface area contributed by atoms with Gasteiger partial charge in [0.15, 0.2) is 5.65 Å². The second kappa shape index (κ2) is 7.16. The quantitative estimate of drug-likeness (QED) is 0.582. The van der Waals surface area contributed by atoms with E-state index in [4.69, 9.17) is 0 Å². The maximum absolute atomic E-state index is 13.1. The Balaban J connectivity index is 1.74. The summed E-state index contributed by atoms with van der Waals surface area (Å²) < 4.78 is 3.63. The van der Waals surface area contributed by atoms with Crippen LogP contribution in [0.5, 0.6) is 0 Å². The maximum atomic E-state index is 13.1. The highest BCUT2D eigenvalue weighted by Crippen LogP contribution is 2.25. The molecule has 4 rings (SSSR count). The minimum absolute atomic E-state index is 0.140. The Kier molecular flexibility index (Phi) is 4.66. The van der Waals surface area contributed by atoms with Gasteiger partial charge in [-0.3, -0.25) is 9.48 Å². The van der Waals surface area contributed by atoms with Crippen LogP contribution in [0.3, 0.4) is 0 Å². The highest BCUT2D eigenvalue weighted by Gasteiger charge is 2.20. The minimum Gasteiger partial charge on any atom is -0.348 e. The molecular weight excluding hydrogens is 364 g/mol. The molecule has 0 bridgehead atoms. The summed E-state index contributed by atoms with van der Waals surface area (Å²) in [6.45, 7) is 8.19. The van der Waals surface area contributed by atoms with Gasteiger partial charge in [0.05, 0.1) is 28.0 Å². The predicted molar refractivity (Wildman–Crippen MR) is 112 cm³/mol. The van der Waals surface area contributed by atoms with Gasteiger partial charge in [0.2, 0.25) is 0 Å². The van der Waals surface area contributed by atoms with Crippen LogP contribution >= 0.6 is 0 Å². The molecule has 7 heteroatoms. The molecule has 148 valence electrons. The molecule has 0 aliphatic carbocycles. The third-order valence-corrected chi connectivity index (χ3v) is 5.27. The van der Waals surface area contributed by atoms with Crippen molar-refractivity contribution in [2.75, 3.05) is 0 Å². The number of fused-ring (bicyclic) bond motifs is 1. The Labute approximate surface area is 169 Å². The van der Waals surface area contributed by atoms with Gasteiger partial charge in [-0.05, 0) is 45.9 Å². The molecule has 3 heterocycles. The molecule has 0 spiro atoms. The summed E-state index contributed by atoms with van der Waals surface area (Å²) in [7, 11) is 1.91. The average Bonchev–Trinajstić information content (AvgIpc) is 3.15. The van der Waals surface area contributed by atoms with E-state index in [1.807, 2.05) is 75.8 Å². The monoisotopic (exact) mass is 388 g/mol. The topological polar surface area (TPSA) is 77.6 Å². The normalized spacial score (nSPS) is 11.2. The lowest BCUT2D eigenvalue weighted by Gasteiger charge is -2.09. The first-order valence-electron chi connectivity index (χ1n) is 9.56. The van der Waals surface area contributed by atoms with Crippen molar-refractivity contribution in [3.8, 4) is 5.69 Å². The highest BCUT2D eigenvalue weighted by molar-refractivity contribution is 6.06. The number of carbonyl (C=O) groups is 1. The van der Waals surface area contributed by atoms with Crippen LogP contribution in [-0.4, -0.2) is 30.5 Å². The lowest BCUT2D eigenvalue weighted by atomic mass is 10.1. The molecule has 0 unspecified atom stereocenters. The molecule has 0 fully saturated rings. The molecule has 0 saturated heterocycles. The molecule has 1 amide bonds. The third-order valence-electron chi connectivity index (χ3n) is 5.27. The number of nitrogens with zero attached hydrogens (tertiary/aromatic N) is 5.